The first-order chi connectivity index (χ1) is 10.5. The number of piperidine rings is 1. The molecule has 0 spiro atoms. The summed E-state index contributed by atoms with van der Waals surface area (Å²) in [6, 6.07) is 2.04. The minimum absolute atomic E-state index is 0. The van der Waals surface area contributed by atoms with E-state index in [1.54, 1.807) is 0 Å². The number of guanidine groups is 1. The summed E-state index contributed by atoms with van der Waals surface area (Å²) >= 11 is 0. The zero-order chi connectivity index (χ0) is 15.9. The topological polar surface area (TPSA) is 41.6 Å². The van der Waals surface area contributed by atoms with Gasteiger partial charge in [0.25, 0.3) is 0 Å². The van der Waals surface area contributed by atoms with Crippen molar-refractivity contribution in [2.24, 2.45) is 16.6 Å². The molecule has 2 N–H and O–H groups in total. The minimum Gasteiger partial charge on any atom is -0.370 e. The monoisotopic (exact) mass is 439 g/mol. The van der Waals surface area contributed by atoms with E-state index in [2.05, 4.69) is 16.8 Å². The summed E-state index contributed by atoms with van der Waals surface area (Å²) in [4.78, 5) is 6.53. The van der Waals surface area contributed by atoms with Crippen LogP contribution in [0.25, 0.3) is 0 Å². The molecule has 2 fully saturated rings. The number of hydrogen-bond acceptors (Lipinski definition) is 1. The highest BCUT2D eigenvalue weighted by molar-refractivity contribution is 14.0. The van der Waals surface area contributed by atoms with E-state index in [4.69, 9.17) is 5.73 Å². The Labute approximate surface area is 151 Å². The molecule has 3 nitrogen and oxygen atoms in total. The van der Waals surface area contributed by atoms with Crippen LogP contribution in [0, 0.1) is 23.4 Å². The summed E-state index contributed by atoms with van der Waals surface area (Å²) in [5.74, 6) is -2.71. The number of nitrogens with zero attached hydrogens (tertiary/aromatic N) is 2. The molecule has 0 radical (unpaired) electrons. The Hall–Kier alpha value is -0.990. The average Bonchev–Trinajstić information content (AvgIpc) is 3.23. The second kappa shape index (κ2) is 7.27. The lowest BCUT2D eigenvalue weighted by molar-refractivity contribution is 0.270. The number of aliphatic imine (C=N–C) groups is 1. The molecule has 1 saturated heterocycles. The predicted octanol–water partition coefficient (Wildman–Crippen LogP) is 3.62. The van der Waals surface area contributed by atoms with Crippen LogP contribution in [0.3, 0.4) is 0 Å². The molecule has 23 heavy (non-hydrogen) atoms. The smallest absolute Gasteiger partial charge is 0.194 e. The van der Waals surface area contributed by atoms with Gasteiger partial charge in [-0.05, 0) is 42.9 Å². The van der Waals surface area contributed by atoms with Crippen molar-refractivity contribution in [3.63, 3.8) is 0 Å². The Balaban J connectivity index is 0.00000192. The third-order valence-electron chi connectivity index (χ3n) is 4.47. The van der Waals surface area contributed by atoms with E-state index < -0.39 is 17.5 Å². The van der Waals surface area contributed by atoms with Gasteiger partial charge in [-0.25, -0.2) is 18.2 Å². The number of benzene rings is 1. The second-order valence-electron chi connectivity index (χ2n) is 6.39. The summed E-state index contributed by atoms with van der Waals surface area (Å²) in [5, 5.41) is 0. The molecule has 1 aromatic carbocycles. The Morgan fingerprint density at radius 2 is 1.91 bits per heavy atom. The van der Waals surface area contributed by atoms with Gasteiger partial charge in [0, 0.05) is 19.0 Å². The first-order valence-electron chi connectivity index (χ1n) is 7.68. The number of hydrogen-bond donors (Lipinski definition) is 1. The van der Waals surface area contributed by atoms with Crippen molar-refractivity contribution in [1.82, 2.24) is 4.90 Å². The molecule has 0 amide bonds. The zero-order valence-electron chi connectivity index (χ0n) is 12.9. The predicted molar refractivity (Wildman–Crippen MR) is 94.5 cm³/mol. The Kier molecular flexibility index (Phi) is 5.80. The summed E-state index contributed by atoms with van der Waals surface area (Å²) in [6.45, 7) is 3.98. The van der Waals surface area contributed by atoms with Crippen LogP contribution in [-0.2, 0) is 0 Å². The second-order valence-corrected chi connectivity index (χ2v) is 6.39. The Morgan fingerprint density at radius 1 is 1.26 bits per heavy atom. The molecule has 7 heteroatoms. The maximum atomic E-state index is 13.3. The van der Waals surface area contributed by atoms with Crippen LogP contribution in [0.5, 0.6) is 0 Å². The Bertz CT molecular complexity index is 585. The lowest BCUT2D eigenvalue weighted by Crippen LogP contribution is -2.43. The van der Waals surface area contributed by atoms with Gasteiger partial charge in [-0.15, -0.1) is 24.0 Å². The minimum atomic E-state index is -1.42. The van der Waals surface area contributed by atoms with Gasteiger partial charge in [-0.3, -0.25) is 0 Å². The van der Waals surface area contributed by atoms with Crippen LogP contribution in [0.1, 0.15) is 37.7 Å². The molecule has 0 aromatic heterocycles. The van der Waals surface area contributed by atoms with Crippen molar-refractivity contribution < 1.29 is 13.2 Å². The van der Waals surface area contributed by atoms with Crippen molar-refractivity contribution in [3.8, 4) is 0 Å². The van der Waals surface area contributed by atoms with Gasteiger partial charge >= 0.3 is 0 Å². The first kappa shape index (κ1) is 18.4. The molecule has 128 valence electrons. The lowest BCUT2D eigenvalue weighted by Gasteiger charge is -2.31. The van der Waals surface area contributed by atoms with Crippen LogP contribution in [0.2, 0.25) is 0 Å². The van der Waals surface area contributed by atoms with Crippen LogP contribution in [0.15, 0.2) is 17.1 Å². The lowest BCUT2D eigenvalue weighted by atomic mass is 10.0. The fourth-order valence-electron chi connectivity index (χ4n) is 3.12. The maximum absolute atomic E-state index is 13.3. The third kappa shape index (κ3) is 4.10. The number of halogens is 4. The van der Waals surface area contributed by atoms with Crippen molar-refractivity contribution in [2.45, 2.75) is 38.1 Å². The van der Waals surface area contributed by atoms with E-state index >= 15 is 0 Å². The highest BCUT2D eigenvalue weighted by atomic mass is 127. The molecular formula is C16H21F3IN3. The molecule has 1 unspecified atom stereocenters. The molecule has 1 aromatic rings. The van der Waals surface area contributed by atoms with Gasteiger partial charge in [0.15, 0.2) is 23.4 Å². The van der Waals surface area contributed by atoms with Crippen LogP contribution in [-0.4, -0.2) is 30.0 Å². The summed E-state index contributed by atoms with van der Waals surface area (Å²) < 4.78 is 39.5. The van der Waals surface area contributed by atoms with Crippen molar-refractivity contribution in [1.29, 1.82) is 0 Å². The molecular weight excluding hydrogens is 418 g/mol. The fraction of sp³-hybridized carbons (Fsp3) is 0.562. The number of nitrogens with two attached hydrogens (primary N) is 1. The van der Waals surface area contributed by atoms with E-state index in [9.17, 15) is 13.2 Å². The quantitative estimate of drug-likeness (QED) is 0.331. The number of likely N-dealkylation sites (tertiary alicyclic amines) is 1. The van der Waals surface area contributed by atoms with Gasteiger partial charge in [-0.1, -0.05) is 6.92 Å². The van der Waals surface area contributed by atoms with Gasteiger partial charge < -0.3 is 10.6 Å². The van der Waals surface area contributed by atoms with E-state index in [0.717, 1.165) is 31.6 Å². The van der Waals surface area contributed by atoms with Crippen LogP contribution >= 0.6 is 24.0 Å². The zero-order valence-corrected chi connectivity index (χ0v) is 15.3. The highest BCUT2D eigenvalue weighted by Crippen LogP contribution is 2.44. The van der Waals surface area contributed by atoms with Crippen molar-refractivity contribution in [2.75, 3.05) is 13.1 Å². The molecule has 3 atom stereocenters. The van der Waals surface area contributed by atoms with E-state index in [-0.39, 0.29) is 35.9 Å². The van der Waals surface area contributed by atoms with E-state index in [0.29, 0.717) is 23.9 Å². The molecule has 0 bridgehead atoms. The molecule has 1 aliphatic carbocycles. The third-order valence-corrected chi connectivity index (χ3v) is 4.47. The van der Waals surface area contributed by atoms with Crippen molar-refractivity contribution >= 4 is 29.9 Å². The fourth-order valence-corrected chi connectivity index (χ4v) is 3.12. The van der Waals surface area contributed by atoms with Crippen LogP contribution < -0.4 is 5.73 Å². The largest absolute Gasteiger partial charge is 0.370 e. The van der Waals surface area contributed by atoms with Gasteiger partial charge in [0.2, 0.25) is 0 Å². The SMILES string of the molecule is CC1CCCN(C(N)=N[C@@H]2C[C@H]2c2cc(F)c(F)c(F)c2)C1.I. The Morgan fingerprint density at radius 3 is 2.52 bits per heavy atom. The summed E-state index contributed by atoms with van der Waals surface area (Å²) in [7, 11) is 0. The van der Waals surface area contributed by atoms with Crippen LogP contribution in [0.4, 0.5) is 13.2 Å². The molecule has 1 heterocycles. The van der Waals surface area contributed by atoms with Crippen molar-refractivity contribution in [3.05, 3.63) is 35.1 Å². The summed E-state index contributed by atoms with van der Waals surface area (Å²) in [5.41, 5.74) is 6.49. The standard InChI is InChI=1S/C16H20F3N3.HI/c1-9-3-2-4-22(8-9)16(20)21-14-7-11(14)10-5-12(17)15(19)13(18)6-10;/h5-6,9,11,14H,2-4,7-8H2,1H3,(H2,20,21);1H/t9?,11-,14+;/m0./s1. The average molecular weight is 439 g/mol. The molecule has 2 aliphatic rings. The van der Waals surface area contributed by atoms with E-state index in [1.165, 1.54) is 6.42 Å². The number of rotatable bonds is 2. The van der Waals surface area contributed by atoms with E-state index in [1.807, 2.05) is 0 Å². The molecule has 3 rings (SSSR count). The normalized spacial score (nSPS) is 27.6. The van der Waals surface area contributed by atoms with Gasteiger partial charge in [0.1, 0.15) is 0 Å². The van der Waals surface area contributed by atoms with Gasteiger partial charge in [0.05, 0.1) is 6.04 Å². The first-order valence-corrected chi connectivity index (χ1v) is 7.68. The highest BCUT2D eigenvalue weighted by Gasteiger charge is 2.40. The summed E-state index contributed by atoms with van der Waals surface area (Å²) in [6.07, 6.45) is 2.98. The van der Waals surface area contributed by atoms with Gasteiger partial charge in [-0.2, -0.15) is 0 Å². The molecule has 1 aliphatic heterocycles. The maximum Gasteiger partial charge on any atom is 0.194 e. The molecule has 1 saturated carbocycles.